The lowest BCUT2D eigenvalue weighted by atomic mass is 10.2. The van der Waals surface area contributed by atoms with Crippen molar-refractivity contribution in [3.63, 3.8) is 0 Å². The van der Waals surface area contributed by atoms with Crippen LogP contribution in [0, 0.1) is 12.7 Å². The standard InChI is InChI=1S/C16H16BrFN4O3S/c1-9-13(26-16(19-9)22-4-6-25-7-5-22)15(24)21-20-14(23)11-8-10(18)2-3-12(11)17/h2-3,8H,4-7H2,1H3,(H,20,23)(H,21,24). The lowest BCUT2D eigenvalue weighted by Gasteiger charge is -2.25. The molecule has 1 aromatic carbocycles. The van der Waals surface area contributed by atoms with E-state index in [9.17, 15) is 14.0 Å². The van der Waals surface area contributed by atoms with Crippen LogP contribution in [0.5, 0.6) is 0 Å². The summed E-state index contributed by atoms with van der Waals surface area (Å²) in [5, 5.41) is 0.746. The number of thiazole rings is 1. The highest BCUT2D eigenvalue weighted by atomic mass is 79.9. The number of nitrogens with zero attached hydrogens (tertiary/aromatic N) is 2. The molecule has 1 fully saturated rings. The van der Waals surface area contributed by atoms with Crippen LogP contribution >= 0.6 is 27.3 Å². The maximum absolute atomic E-state index is 13.3. The molecule has 0 bridgehead atoms. The molecule has 138 valence electrons. The van der Waals surface area contributed by atoms with Gasteiger partial charge in [0.15, 0.2) is 5.13 Å². The number of morpholine rings is 1. The minimum atomic E-state index is -0.625. The first kappa shape index (κ1) is 18.7. The highest BCUT2D eigenvalue weighted by Crippen LogP contribution is 2.26. The minimum Gasteiger partial charge on any atom is -0.378 e. The van der Waals surface area contributed by atoms with E-state index in [1.54, 1.807) is 6.92 Å². The molecular weight excluding hydrogens is 427 g/mol. The Hall–Kier alpha value is -2.04. The summed E-state index contributed by atoms with van der Waals surface area (Å²) in [6, 6.07) is 3.74. The van der Waals surface area contributed by atoms with Crippen molar-refractivity contribution in [3.8, 4) is 0 Å². The molecule has 0 unspecified atom stereocenters. The number of nitrogens with one attached hydrogen (secondary N) is 2. The van der Waals surface area contributed by atoms with Crippen LogP contribution in [0.15, 0.2) is 22.7 Å². The number of halogens is 2. The van der Waals surface area contributed by atoms with Gasteiger partial charge in [-0.2, -0.15) is 0 Å². The highest BCUT2D eigenvalue weighted by molar-refractivity contribution is 9.10. The molecule has 10 heteroatoms. The van der Waals surface area contributed by atoms with Gasteiger partial charge in [-0.25, -0.2) is 9.37 Å². The molecule has 3 rings (SSSR count). The van der Waals surface area contributed by atoms with Crippen molar-refractivity contribution in [1.82, 2.24) is 15.8 Å². The third kappa shape index (κ3) is 4.19. The molecule has 1 aromatic heterocycles. The van der Waals surface area contributed by atoms with E-state index in [0.717, 1.165) is 24.3 Å². The van der Waals surface area contributed by atoms with Crippen LogP contribution in [0.25, 0.3) is 0 Å². The molecule has 2 N–H and O–H groups in total. The summed E-state index contributed by atoms with van der Waals surface area (Å²) in [5.41, 5.74) is 5.30. The molecule has 0 spiro atoms. The number of ether oxygens (including phenoxy) is 1. The molecule has 1 aliphatic heterocycles. The molecular formula is C16H16BrFN4O3S. The van der Waals surface area contributed by atoms with Gasteiger partial charge in [-0.05, 0) is 41.1 Å². The Kier molecular flexibility index (Phi) is 5.84. The maximum Gasteiger partial charge on any atom is 0.281 e. The second-order valence-electron chi connectivity index (χ2n) is 5.54. The van der Waals surface area contributed by atoms with Crippen molar-refractivity contribution in [1.29, 1.82) is 0 Å². The monoisotopic (exact) mass is 442 g/mol. The Morgan fingerprint density at radius 3 is 2.69 bits per heavy atom. The van der Waals surface area contributed by atoms with Crippen LogP contribution in [0.2, 0.25) is 0 Å². The number of carbonyl (C=O) groups excluding carboxylic acids is 2. The van der Waals surface area contributed by atoms with Crippen LogP contribution in [-0.4, -0.2) is 43.1 Å². The fourth-order valence-electron chi connectivity index (χ4n) is 2.39. The quantitative estimate of drug-likeness (QED) is 0.712. The number of hydrogen-bond acceptors (Lipinski definition) is 6. The molecule has 0 radical (unpaired) electrons. The minimum absolute atomic E-state index is 0.0836. The topological polar surface area (TPSA) is 83.6 Å². The first-order valence-corrected chi connectivity index (χ1v) is 9.42. The van der Waals surface area contributed by atoms with Crippen molar-refractivity contribution in [2.24, 2.45) is 0 Å². The summed E-state index contributed by atoms with van der Waals surface area (Å²) in [4.78, 5) is 31.4. The average Bonchev–Trinajstić information content (AvgIpc) is 3.04. The summed E-state index contributed by atoms with van der Waals surface area (Å²) in [5.74, 6) is -1.64. The third-order valence-electron chi connectivity index (χ3n) is 3.74. The number of benzene rings is 1. The number of hydrazine groups is 1. The van der Waals surface area contributed by atoms with Crippen molar-refractivity contribution in [3.05, 3.63) is 44.6 Å². The number of amides is 2. The van der Waals surface area contributed by atoms with E-state index in [2.05, 4.69) is 36.7 Å². The van der Waals surface area contributed by atoms with Gasteiger partial charge in [0.1, 0.15) is 10.7 Å². The number of anilines is 1. The van der Waals surface area contributed by atoms with E-state index in [1.165, 1.54) is 23.5 Å². The fourth-order valence-corrected chi connectivity index (χ4v) is 3.83. The van der Waals surface area contributed by atoms with Gasteiger partial charge in [-0.1, -0.05) is 11.3 Å². The van der Waals surface area contributed by atoms with E-state index >= 15 is 0 Å². The van der Waals surface area contributed by atoms with Crippen LogP contribution in [-0.2, 0) is 4.74 Å². The Labute approximate surface area is 161 Å². The highest BCUT2D eigenvalue weighted by Gasteiger charge is 2.21. The summed E-state index contributed by atoms with van der Waals surface area (Å²) < 4.78 is 19.0. The Bertz CT molecular complexity index is 839. The number of hydrogen-bond donors (Lipinski definition) is 2. The molecule has 1 aliphatic rings. The summed E-state index contributed by atoms with van der Waals surface area (Å²) >= 11 is 4.43. The summed E-state index contributed by atoms with van der Waals surface area (Å²) in [6.07, 6.45) is 0. The van der Waals surface area contributed by atoms with Crippen LogP contribution < -0.4 is 15.8 Å². The SMILES string of the molecule is Cc1nc(N2CCOCC2)sc1C(=O)NNC(=O)c1cc(F)ccc1Br. The lowest BCUT2D eigenvalue weighted by molar-refractivity contribution is 0.0847. The van der Waals surface area contributed by atoms with Gasteiger partial charge in [-0.15, -0.1) is 0 Å². The first-order valence-electron chi connectivity index (χ1n) is 7.81. The van der Waals surface area contributed by atoms with Crippen LogP contribution in [0.1, 0.15) is 25.7 Å². The predicted octanol–water partition coefficient (Wildman–Crippen LogP) is 2.26. The molecule has 2 amide bonds. The zero-order valence-corrected chi connectivity index (χ0v) is 16.2. The largest absolute Gasteiger partial charge is 0.378 e. The summed E-state index contributed by atoms with van der Waals surface area (Å²) in [6.45, 7) is 4.43. The van der Waals surface area contributed by atoms with Crippen molar-refractivity contribution in [2.45, 2.75) is 6.92 Å². The molecule has 26 heavy (non-hydrogen) atoms. The van der Waals surface area contributed by atoms with Crippen LogP contribution in [0.3, 0.4) is 0 Å². The normalized spacial score (nSPS) is 14.2. The van der Waals surface area contributed by atoms with E-state index in [-0.39, 0.29) is 5.56 Å². The molecule has 0 saturated carbocycles. The Balaban J connectivity index is 1.65. The van der Waals surface area contributed by atoms with Gasteiger partial charge >= 0.3 is 0 Å². The number of carbonyl (C=O) groups is 2. The van der Waals surface area contributed by atoms with Gasteiger partial charge in [0.25, 0.3) is 11.8 Å². The van der Waals surface area contributed by atoms with E-state index in [0.29, 0.717) is 28.3 Å². The number of aryl methyl sites for hydroxylation is 1. The lowest BCUT2D eigenvalue weighted by Crippen LogP contribution is -2.41. The zero-order chi connectivity index (χ0) is 18.7. The molecule has 7 nitrogen and oxygen atoms in total. The zero-order valence-electron chi connectivity index (χ0n) is 13.8. The van der Waals surface area contributed by atoms with Gasteiger partial charge < -0.3 is 9.64 Å². The molecule has 2 heterocycles. The van der Waals surface area contributed by atoms with Crippen molar-refractivity contribution in [2.75, 3.05) is 31.2 Å². The molecule has 0 atom stereocenters. The first-order chi connectivity index (χ1) is 12.5. The fraction of sp³-hybridized carbons (Fsp3) is 0.312. The average molecular weight is 443 g/mol. The summed E-state index contributed by atoms with van der Waals surface area (Å²) in [7, 11) is 0. The molecule has 1 saturated heterocycles. The van der Waals surface area contributed by atoms with Gasteiger partial charge in [0.05, 0.1) is 24.5 Å². The third-order valence-corrected chi connectivity index (χ3v) is 5.64. The number of aromatic nitrogens is 1. The Morgan fingerprint density at radius 2 is 1.96 bits per heavy atom. The Morgan fingerprint density at radius 1 is 1.27 bits per heavy atom. The van der Waals surface area contributed by atoms with E-state index in [4.69, 9.17) is 4.74 Å². The molecule has 2 aromatic rings. The second-order valence-corrected chi connectivity index (χ2v) is 7.37. The number of rotatable bonds is 3. The van der Waals surface area contributed by atoms with Crippen LogP contribution in [0.4, 0.5) is 9.52 Å². The van der Waals surface area contributed by atoms with Gasteiger partial charge in [-0.3, -0.25) is 20.4 Å². The predicted molar refractivity (Wildman–Crippen MR) is 98.9 cm³/mol. The van der Waals surface area contributed by atoms with E-state index in [1.807, 2.05) is 0 Å². The van der Waals surface area contributed by atoms with Gasteiger partial charge in [0.2, 0.25) is 0 Å². The van der Waals surface area contributed by atoms with Crippen molar-refractivity contribution < 1.29 is 18.7 Å². The molecule has 0 aliphatic carbocycles. The van der Waals surface area contributed by atoms with E-state index < -0.39 is 17.6 Å². The maximum atomic E-state index is 13.3. The second kappa shape index (κ2) is 8.11. The van der Waals surface area contributed by atoms with Gasteiger partial charge in [0, 0.05) is 17.6 Å². The van der Waals surface area contributed by atoms with Crippen molar-refractivity contribution >= 4 is 44.2 Å². The smallest absolute Gasteiger partial charge is 0.281 e.